The van der Waals surface area contributed by atoms with Crippen LogP contribution in [0, 0.1) is 0 Å². The molecule has 0 aliphatic rings. The number of halogens is 2. The summed E-state index contributed by atoms with van der Waals surface area (Å²) in [7, 11) is 0. The number of rotatable bonds is 4. The zero-order valence-corrected chi connectivity index (χ0v) is 10.4. The average Bonchev–Trinajstić information content (AvgIpc) is 2.20. The Kier molecular flexibility index (Phi) is 4.49. The van der Waals surface area contributed by atoms with Crippen molar-refractivity contribution >= 4 is 23.2 Å². The monoisotopic (exact) mass is 244 g/mol. The number of allylic oxidation sites excluding steroid dienone is 1. The third kappa shape index (κ3) is 3.15. The topological polar surface area (TPSA) is 9.23 Å². The molecule has 0 amide bonds. The smallest absolute Gasteiger partial charge is 0.137 e. The van der Waals surface area contributed by atoms with Gasteiger partial charge in [0, 0.05) is 11.0 Å². The van der Waals surface area contributed by atoms with E-state index >= 15 is 0 Å². The van der Waals surface area contributed by atoms with Crippen LogP contribution >= 0.6 is 23.2 Å². The Morgan fingerprint density at radius 2 is 2.20 bits per heavy atom. The minimum absolute atomic E-state index is 0.0971. The molecule has 0 aromatic heterocycles. The lowest BCUT2D eigenvalue weighted by molar-refractivity contribution is 0.340. The predicted octanol–water partition coefficient (Wildman–Crippen LogP) is 4.59. The molecule has 0 heterocycles. The highest BCUT2D eigenvalue weighted by molar-refractivity contribution is 6.32. The molecule has 0 aliphatic carbocycles. The quantitative estimate of drug-likeness (QED) is 0.753. The maximum absolute atomic E-state index is 6.06. The molecule has 1 rings (SSSR count). The molecule has 0 bridgehead atoms. The van der Waals surface area contributed by atoms with Gasteiger partial charge in [0.05, 0.1) is 11.6 Å². The molecule has 1 atom stereocenters. The number of hydrogen-bond acceptors (Lipinski definition) is 1. The van der Waals surface area contributed by atoms with Crippen LogP contribution in [0.4, 0.5) is 0 Å². The lowest BCUT2D eigenvalue weighted by Crippen LogP contribution is -1.96. The molecule has 1 aromatic rings. The predicted molar refractivity (Wildman–Crippen MR) is 66.0 cm³/mol. The standard InChI is InChI=1S/C12H14Cl2O/c1-4-15-12-6-5-10(7-11(12)14)8(2)9(3)13/h5-8H,3-4H2,1-2H3. The van der Waals surface area contributed by atoms with Crippen molar-refractivity contribution in [2.45, 2.75) is 19.8 Å². The van der Waals surface area contributed by atoms with Crippen LogP contribution in [0.25, 0.3) is 0 Å². The normalized spacial score (nSPS) is 12.3. The van der Waals surface area contributed by atoms with E-state index in [1.165, 1.54) is 0 Å². The molecule has 0 fully saturated rings. The molecule has 1 nitrogen and oxygen atoms in total. The molecule has 15 heavy (non-hydrogen) atoms. The first kappa shape index (κ1) is 12.4. The van der Waals surface area contributed by atoms with Gasteiger partial charge in [-0.2, -0.15) is 0 Å². The zero-order valence-electron chi connectivity index (χ0n) is 8.89. The van der Waals surface area contributed by atoms with Gasteiger partial charge in [0.2, 0.25) is 0 Å². The van der Waals surface area contributed by atoms with E-state index < -0.39 is 0 Å². The Morgan fingerprint density at radius 3 is 2.67 bits per heavy atom. The Morgan fingerprint density at radius 1 is 1.53 bits per heavy atom. The second-order valence-electron chi connectivity index (χ2n) is 3.29. The van der Waals surface area contributed by atoms with Crippen LogP contribution in [0.3, 0.4) is 0 Å². The van der Waals surface area contributed by atoms with Gasteiger partial charge in [-0.3, -0.25) is 0 Å². The Labute approximate surface area is 101 Å². The van der Waals surface area contributed by atoms with Gasteiger partial charge in [0.15, 0.2) is 0 Å². The van der Waals surface area contributed by atoms with Gasteiger partial charge >= 0.3 is 0 Å². The highest BCUT2D eigenvalue weighted by Crippen LogP contribution is 2.31. The van der Waals surface area contributed by atoms with E-state index in [-0.39, 0.29) is 5.92 Å². The second-order valence-corrected chi connectivity index (χ2v) is 4.18. The molecule has 0 aliphatic heterocycles. The van der Waals surface area contributed by atoms with E-state index in [0.717, 1.165) is 5.56 Å². The molecule has 3 heteroatoms. The van der Waals surface area contributed by atoms with Gasteiger partial charge in [-0.15, -0.1) is 0 Å². The number of benzene rings is 1. The maximum Gasteiger partial charge on any atom is 0.137 e. The molecule has 0 spiro atoms. The van der Waals surface area contributed by atoms with Gasteiger partial charge in [-0.25, -0.2) is 0 Å². The Bertz CT molecular complexity index is 361. The van der Waals surface area contributed by atoms with E-state index in [4.69, 9.17) is 27.9 Å². The summed E-state index contributed by atoms with van der Waals surface area (Å²) in [5.41, 5.74) is 1.04. The molecule has 0 radical (unpaired) electrons. The van der Waals surface area contributed by atoms with E-state index in [2.05, 4.69) is 6.58 Å². The van der Waals surface area contributed by atoms with Crippen molar-refractivity contribution in [3.8, 4) is 5.75 Å². The first-order valence-corrected chi connectivity index (χ1v) is 5.58. The van der Waals surface area contributed by atoms with Crippen LogP contribution in [0.2, 0.25) is 5.02 Å². The van der Waals surface area contributed by atoms with Crippen LogP contribution in [0.1, 0.15) is 25.3 Å². The van der Waals surface area contributed by atoms with Crippen molar-refractivity contribution < 1.29 is 4.74 Å². The molecular formula is C12H14Cl2O. The van der Waals surface area contributed by atoms with Gasteiger partial charge in [-0.05, 0) is 24.6 Å². The first-order valence-electron chi connectivity index (χ1n) is 4.82. The summed E-state index contributed by atoms with van der Waals surface area (Å²) < 4.78 is 5.34. The fourth-order valence-corrected chi connectivity index (χ4v) is 1.61. The van der Waals surface area contributed by atoms with E-state index in [9.17, 15) is 0 Å². The van der Waals surface area contributed by atoms with Crippen molar-refractivity contribution in [3.63, 3.8) is 0 Å². The third-order valence-electron chi connectivity index (χ3n) is 2.23. The van der Waals surface area contributed by atoms with Gasteiger partial charge in [-0.1, -0.05) is 42.8 Å². The van der Waals surface area contributed by atoms with Gasteiger partial charge in [0.25, 0.3) is 0 Å². The summed E-state index contributed by atoms with van der Waals surface area (Å²) >= 11 is 11.9. The number of ether oxygens (including phenoxy) is 1. The van der Waals surface area contributed by atoms with Crippen LogP contribution in [-0.2, 0) is 0 Å². The van der Waals surface area contributed by atoms with Crippen molar-refractivity contribution in [3.05, 3.63) is 40.4 Å². The fraction of sp³-hybridized carbons (Fsp3) is 0.333. The van der Waals surface area contributed by atoms with E-state index in [1.54, 1.807) is 0 Å². The van der Waals surface area contributed by atoms with Crippen LogP contribution < -0.4 is 4.74 Å². The first-order chi connectivity index (χ1) is 7.06. The highest BCUT2D eigenvalue weighted by Gasteiger charge is 2.10. The van der Waals surface area contributed by atoms with Crippen molar-refractivity contribution in [1.82, 2.24) is 0 Å². The molecular weight excluding hydrogens is 231 g/mol. The minimum Gasteiger partial charge on any atom is -0.492 e. The van der Waals surface area contributed by atoms with Crippen LogP contribution in [-0.4, -0.2) is 6.61 Å². The van der Waals surface area contributed by atoms with Crippen molar-refractivity contribution in [1.29, 1.82) is 0 Å². The highest BCUT2D eigenvalue weighted by atomic mass is 35.5. The summed E-state index contributed by atoms with van der Waals surface area (Å²) in [5.74, 6) is 0.801. The maximum atomic E-state index is 6.06. The Balaban J connectivity index is 2.95. The molecule has 1 aromatic carbocycles. The summed E-state index contributed by atoms with van der Waals surface area (Å²) in [5, 5.41) is 1.22. The molecule has 0 saturated carbocycles. The summed E-state index contributed by atoms with van der Waals surface area (Å²) in [4.78, 5) is 0. The zero-order chi connectivity index (χ0) is 11.4. The Hall–Kier alpha value is -0.660. The summed E-state index contributed by atoms with van der Waals surface area (Å²) in [6.07, 6.45) is 0. The lowest BCUT2D eigenvalue weighted by atomic mass is 10.0. The van der Waals surface area contributed by atoms with Crippen molar-refractivity contribution in [2.75, 3.05) is 6.61 Å². The summed E-state index contributed by atoms with van der Waals surface area (Å²) in [6, 6.07) is 5.68. The minimum atomic E-state index is 0.0971. The SMILES string of the molecule is C=C(Cl)C(C)c1ccc(OCC)c(Cl)c1. The van der Waals surface area contributed by atoms with Crippen LogP contribution in [0.5, 0.6) is 5.75 Å². The second kappa shape index (κ2) is 5.43. The third-order valence-corrected chi connectivity index (χ3v) is 2.85. The van der Waals surface area contributed by atoms with Gasteiger partial charge < -0.3 is 4.74 Å². The van der Waals surface area contributed by atoms with Gasteiger partial charge in [0.1, 0.15) is 5.75 Å². The molecule has 0 saturated heterocycles. The lowest BCUT2D eigenvalue weighted by Gasteiger charge is -2.12. The van der Waals surface area contributed by atoms with E-state index in [0.29, 0.717) is 22.4 Å². The average molecular weight is 245 g/mol. The largest absolute Gasteiger partial charge is 0.492 e. The summed E-state index contributed by atoms with van der Waals surface area (Å²) in [6.45, 7) is 8.23. The number of hydrogen-bond donors (Lipinski definition) is 0. The molecule has 0 N–H and O–H groups in total. The van der Waals surface area contributed by atoms with Crippen LogP contribution in [0.15, 0.2) is 29.8 Å². The van der Waals surface area contributed by atoms with Crippen molar-refractivity contribution in [2.24, 2.45) is 0 Å². The fourth-order valence-electron chi connectivity index (χ4n) is 1.24. The molecule has 82 valence electrons. The van der Waals surface area contributed by atoms with E-state index in [1.807, 2.05) is 32.0 Å². The molecule has 1 unspecified atom stereocenters.